The predicted octanol–water partition coefficient (Wildman–Crippen LogP) is 3.64. The average Bonchev–Trinajstić information content (AvgIpc) is 3.29. The molecule has 6 heteroatoms. The zero-order valence-corrected chi connectivity index (χ0v) is 13.8. The monoisotopic (exact) mass is 337 g/mol. The molecule has 3 aromatic rings. The van der Waals surface area contributed by atoms with Crippen molar-refractivity contribution < 1.29 is 0 Å². The number of benzene rings is 2. The molecule has 5 rings (SSSR count). The Morgan fingerprint density at radius 3 is 2.50 bits per heavy atom. The fourth-order valence-electron chi connectivity index (χ4n) is 3.46. The number of fused-ring (bicyclic) bond motifs is 3. The number of rotatable bonds is 3. The van der Waals surface area contributed by atoms with Gasteiger partial charge in [-0.2, -0.15) is 4.68 Å². The van der Waals surface area contributed by atoms with E-state index in [2.05, 4.69) is 50.8 Å². The van der Waals surface area contributed by atoms with Crippen molar-refractivity contribution >= 4 is 17.3 Å². The molecule has 1 aliphatic heterocycles. The highest BCUT2D eigenvalue weighted by atomic mass is 35.5. The summed E-state index contributed by atoms with van der Waals surface area (Å²) in [4.78, 5) is 2.45. The first-order chi connectivity index (χ1) is 11.8. The molecule has 0 unspecified atom stereocenters. The van der Waals surface area contributed by atoms with Crippen molar-refractivity contribution in [3.05, 3.63) is 64.9 Å². The highest BCUT2D eigenvalue weighted by Gasteiger charge is 2.37. The Morgan fingerprint density at radius 2 is 1.75 bits per heavy atom. The maximum Gasteiger partial charge on any atom is 0.183 e. The summed E-state index contributed by atoms with van der Waals surface area (Å²) in [7, 11) is 0. The lowest BCUT2D eigenvalue weighted by molar-refractivity contribution is 0.590. The third kappa shape index (κ3) is 2.19. The van der Waals surface area contributed by atoms with E-state index in [0.29, 0.717) is 0 Å². The van der Waals surface area contributed by atoms with E-state index >= 15 is 0 Å². The zero-order valence-electron chi connectivity index (χ0n) is 13.0. The standard InChI is InChI=1S/C18H16ClN5/c19-14-9-7-13(8-10-14)17-18-20-21-22-24(18)16-4-2-1-3-15(16)23(17)11-12-5-6-12/h1-4,7-10,12,17H,5-6,11H2/t17-/m1/s1. The van der Waals surface area contributed by atoms with E-state index in [1.807, 2.05) is 22.9 Å². The third-order valence-corrected chi connectivity index (χ3v) is 5.06. The molecule has 1 aromatic heterocycles. The SMILES string of the molecule is Clc1ccc([C@@H]2c3nnnn3-c3ccccc3N2CC2CC2)cc1. The number of anilines is 1. The van der Waals surface area contributed by atoms with Crippen molar-refractivity contribution in [1.29, 1.82) is 0 Å². The van der Waals surface area contributed by atoms with Crippen LogP contribution in [0, 0.1) is 5.92 Å². The summed E-state index contributed by atoms with van der Waals surface area (Å²) in [6.07, 6.45) is 2.61. The Kier molecular flexibility index (Phi) is 3.10. The van der Waals surface area contributed by atoms with Gasteiger partial charge in [0.25, 0.3) is 0 Å². The lowest BCUT2D eigenvalue weighted by Gasteiger charge is -2.38. The summed E-state index contributed by atoms with van der Waals surface area (Å²) < 4.78 is 1.86. The van der Waals surface area contributed by atoms with Crippen molar-refractivity contribution in [2.45, 2.75) is 18.9 Å². The molecular formula is C18H16ClN5. The molecule has 2 aromatic carbocycles. The van der Waals surface area contributed by atoms with Gasteiger partial charge >= 0.3 is 0 Å². The summed E-state index contributed by atoms with van der Waals surface area (Å²) in [6, 6.07) is 16.3. The average molecular weight is 338 g/mol. The summed E-state index contributed by atoms with van der Waals surface area (Å²) in [5, 5.41) is 13.2. The van der Waals surface area contributed by atoms with Crippen LogP contribution in [0.2, 0.25) is 5.02 Å². The van der Waals surface area contributed by atoms with Crippen molar-refractivity contribution in [3.8, 4) is 5.69 Å². The molecular weight excluding hydrogens is 322 g/mol. The molecule has 2 aliphatic rings. The first-order valence-corrected chi connectivity index (χ1v) is 8.59. The number of halogens is 1. The van der Waals surface area contributed by atoms with E-state index in [-0.39, 0.29) is 6.04 Å². The predicted molar refractivity (Wildman–Crippen MR) is 92.5 cm³/mol. The maximum atomic E-state index is 6.08. The smallest absolute Gasteiger partial charge is 0.183 e. The van der Waals surface area contributed by atoms with Gasteiger partial charge in [0.2, 0.25) is 0 Å². The normalized spacial score (nSPS) is 19.0. The van der Waals surface area contributed by atoms with Crippen LogP contribution in [0.3, 0.4) is 0 Å². The quantitative estimate of drug-likeness (QED) is 0.732. The Hall–Kier alpha value is -2.40. The van der Waals surface area contributed by atoms with Crippen molar-refractivity contribution in [2.75, 3.05) is 11.4 Å². The minimum Gasteiger partial charge on any atom is -0.355 e. The van der Waals surface area contributed by atoms with Crippen LogP contribution in [0.1, 0.15) is 30.3 Å². The van der Waals surface area contributed by atoms with Crippen LogP contribution in [0.5, 0.6) is 0 Å². The summed E-state index contributed by atoms with van der Waals surface area (Å²) >= 11 is 6.08. The van der Waals surface area contributed by atoms with Crippen molar-refractivity contribution in [3.63, 3.8) is 0 Å². The molecule has 1 aliphatic carbocycles. The Morgan fingerprint density at radius 1 is 1.00 bits per heavy atom. The van der Waals surface area contributed by atoms with Crippen LogP contribution >= 0.6 is 11.6 Å². The molecule has 1 saturated carbocycles. The number of aromatic nitrogens is 4. The second kappa shape index (κ2) is 5.31. The van der Waals surface area contributed by atoms with Gasteiger partial charge in [0.1, 0.15) is 6.04 Å². The lowest BCUT2D eigenvalue weighted by atomic mass is 10.00. The Labute approximate surface area is 144 Å². The van der Waals surface area contributed by atoms with Gasteiger partial charge in [-0.1, -0.05) is 35.9 Å². The van der Waals surface area contributed by atoms with Gasteiger partial charge in [0.05, 0.1) is 11.4 Å². The lowest BCUT2D eigenvalue weighted by Crippen LogP contribution is -2.37. The largest absolute Gasteiger partial charge is 0.355 e. The van der Waals surface area contributed by atoms with Gasteiger partial charge in [-0.3, -0.25) is 0 Å². The van der Waals surface area contributed by atoms with E-state index in [1.54, 1.807) is 0 Å². The van der Waals surface area contributed by atoms with Gasteiger partial charge in [0, 0.05) is 11.6 Å². The number of para-hydroxylation sites is 2. The van der Waals surface area contributed by atoms with Gasteiger partial charge in [0.15, 0.2) is 5.82 Å². The topological polar surface area (TPSA) is 46.8 Å². The number of tetrazole rings is 1. The highest BCUT2D eigenvalue weighted by Crippen LogP contribution is 2.43. The summed E-state index contributed by atoms with van der Waals surface area (Å²) in [5.74, 6) is 1.62. The van der Waals surface area contributed by atoms with Gasteiger partial charge in [-0.25, -0.2) is 0 Å². The molecule has 1 atom stereocenters. The van der Waals surface area contributed by atoms with Crippen LogP contribution in [0.25, 0.3) is 5.69 Å². The number of nitrogens with zero attached hydrogens (tertiary/aromatic N) is 5. The maximum absolute atomic E-state index is 6.08. The second-order valence-electron chi connectivity index (χ2n) is 6.49. The van der Waals surface area contributed by atoms with Gasteiger partial charge in [-0.15, -0.1) is 5.10 Å². The van der Waals surface area contributed by atoms with Crippen LogP contribution in [-0.2, 0) is 0 Å². The van der Waals surface area contributed by atoms with E-state index in [9.17, 15) is 0 Å². The number of hydrogen-bond donors (Lipinski definition) is 0. The second-order valence-corrected chi connectivity index (χ2v) is 6.92. The summed E-state index contributed by atoms with van der Waals surface area (Å²) in [6.45, 7) is 1.02. The van der Waals surface area contributed by atoms with E-state index < -0.39 is 0 Å². The summed E-state index contributed by atoms with van der Waals surface area (Å²) in [5.41, 5.74) is 3.39. The molecule has 0 saturated heterocycles. The first-order valence-electron chi connectivity index (χ1n) is 8.21. The van der Waals surface area contributed by atoms with E-state index in [0.717, 1.165) is 34.6 Å². The third-order valence-electron chi connectivity index (χ3n) is 4.81. The first kappa shape index (κ1) is 14.0. The van der Waals surface area contributed by atoms with Gasteiger partial charge < -0.3 is 4.90 Å². The minimum atomic E-state index is 0.00719. The molecule has 0 amide bonds. The highest BCUT2D eigenvalue weighted by molar-refractivity contribution is 6.30. The molecule has 0 spiro atoms. The molecule has 1 fully saturated rings. The molecule has 24 heavy (non-hydrogen) atoms. The molecule has 2 heterocycles. The molecule has 5 nitrogen and oxygen atoms in total. The molecule has 120 valence electrons. The van der Waals surface area contributed by atoms with Gasteiger partial charge in [-0.05, 0) is 59.0 Å². The molecule has 0 N–H and O–H groups in total. The molecule has 0 bridgehead atoms. The Bertz CT molecular complexity index is 884. The molecule has 0 radical (unpaired) electrons. The van der Waals surface area contributed by atoms with Crippen LogP contribution in [0.4, 0.5) is 5.69 Å². The fourth-order valence-corrected chi connectivity index (χ4v) is 3.58. The van der Waals surface area contributed by atoms with E-state index in [1.165, 1.54) is 18.5 Å². The van der Waals surface area contributed by atoms with Crippen LogP contribution in [0.15, 0.2) is 48.5 Å². The van der Waals surface area contributed by atoms with Crippen LogP contribution < -0.4 is 4.90 Å². The van der Waals surface area contributed by atoms with Crippen LogP contribution in [-0.4, -0.2) is 26.8 Å². The fraction of sp³-hybridized carbons (Fsp3) is 0.278. The number of hydrogen-bond acceptors (Lipinski definition) is 4. The minimum absolute atomic E-state index is 0.00719. The zero-order chi connectivity index (χ0) is 16.1. The Balaban J connectivity index is 1.70. The van der Waals surface area contributed by atoms with E-state index in [4.69, 9.17) is 11.6 Å². The van der Waals surface area contributed by atoms with Crippen molar-refractivity contribution in [2.24, 2.45) is 5.92 Å². The van der Waals surface area contributed by atoms with Crippen molar-refractivity contribution in [1.82, 2.24) is 20.2 Å².